The molecule has 156 valence electrons. The molecule has 4 unspecified atom stereocenters. The first kappa shape index (κ1) is 21.6. The molecule has 0 aromatic heterocycles. The molecule has 0 aromatic rings. The second-order valence-corrected chi connectivity index (χ2v) is 8.45. The summed E-state index contributed by atoms with van der Waals surface area (Å²) in [6.45, 7) is 7.69. The molecule has 0 radical (unpaired) electrons. The van der Waals surface area contributed by atoms with Crippen molar-refractivity contribution in [2.75, 3.05) is 59.6 Å². The van der Waals surface area contributed by atoms with Crippen molar-refractivity contribution in [3.05, 3.63) is 0 Å². The number of rotatable bonds is 6. The van der Waals surface area contributed by atoms with Crippen LogP contribution >= 0.6 is 24.0 Å². The van der Waals surface area contributed by atoms with E-state index < -0.39 is 0 Å². The van der Waals surface area contributed by atoms with Gasteiger partial charge in [0.05, 0.1) is 19.3 Å². The lowest BCUT2D eigenvalue weighted by Gasteiger charge is -2.41. The third kappa shape index (κ3) is 5.48. The van der Waals surface area contributed by atoms with Crippen LogP contribution < -0.4 is 5.32 Å². The first-order valence-corrected chi connectivity index (χ1v) is 10.7. The summed E-state index contributed by atoms with van der Waals surface area (Å²) in [5.74, 6) is 3.05. The summed E-state index contributed by atoms with van der Waals surface area (Å²) in [6, 6.07) is 0.872. The Morgan fingerprint density at radius 3 is 2.63 bits per heavy atom. The highest BCUT2D eigenvalue weighted by Crippen LogP contribution is 2.46. The van der Waals surface area contributed by atoms with Crippen molar-refractivity contribution >= 4 is 29.9 Å². The average molecular weight is 492 g/mol. The average Bonchev–Trinajstić information content (AvgIpc) is 3.43. The molecule has 2 heterocycles. The molecule has 4 atom stereocenters. The van der Waals surface area contributed by atoms with Gasteiger partial charge >= 0.3 is 0 Å². The van der Waals surface area contributed by atoms with E-state index in [2.05, 4.69) is 20.1 Å². The Kier molecular flexibility index (Phi) is 8.47. The predicted octanol–water partition coefficient (Wildman–Crippen LogP) is 2.18. The van der Waals surface area contributed by atoms with Gasteiger partial charge in [0.25, 0.3) is 0 Å². The first-order chi connectivity index (χ1) is 12.8. The SMILES string of the molecule is CN=C(NCCOCC1CCCO1)N1CCN(C2CC3CCC2C3)CC1.I. The van der Waals surface area contributed by atoms with E-state index in [1.807, 2.05) is 7.05 Å². The molecule has 4 rings (SSSR count). The van der Waals surface area contributed by atoms with Crippen LogP contribution in [0.25, 0.3) is 0 Å². The standard InChI is InChI=1S/C20H36N4O2.HI/c1-21-20(22-6-12-25-15-18-3-2-11-26-18)24-9-7-23(8-10-24)19-14-16-4-5-17(19)13-16;/h16-19H,2-15H2,1H3,(H,21,22);1H. The van der Waals surface area contributed by atoms with E-state index in [0.29, 0.717) is 12.7 Å². The normalized spacial score (nSPS) is 34.1. The van der Waals surface area contributed by atoms with Gasteiger partial charge in [-0.15, -0.1) is 24.0 Å². The highest BCUT2D eigenvalue weighted by Gasteiger charge is 2.42. The van der Waals surface area contributed by atoms with Gasteiger partial charge in [0.15, 0.2) is 5.96 Å². The van der Waals surface area contributed by atoms with Crippen LogP contribution in [0.3, 0.4) is 0 Å². The number of aliphatic imine (C=N–C) groups is 1. The summed E-state index contributed by atoms with van der Waals surface area (Å²) in [5.41, 5.74) is 0. The predicted molar refractivity (Wildman–Crippen MR) is 119 cm³/mol. The molecule has 4 fully saturated rings. The van der Waals surface area contributed by atoms with Crippen LogP contribution in [0.4, 0.5) is 0 Å². The van der Waals surface area contributed by atoms with E-state index in [9.17, 15) is 0 Å². The number of nitrogens with zero attached hydrogens (tertiary/aromatic N) is 3. The largest absolute Gasteiger partial charge is 0.377 e. The monoisotopic (exact) mass is 492 g/mol. The molecule has 0 spiro atoms. The van der Waals surface area contributed by atoms with Crippen molar-refractivity contribution in [2.45, 2.75) is 50.7 Å². The number of fused-ring (bicyclic) bond motifs is 2. The maximum atomic E-state index is 5.74. The molecule has 27 heavy (non-hydrogen) atoms. The van der Waals surface area contributed by atoms with E-state index in [4.69, 9.17) is 9.47 Å². The minimum absolute atomic E-state index is 0. The summed E-state index contributed by atoms with van der Waals surface area (Å²) in [5, 5.41) is 3.47. The maximum Gasteiger partial charge on any atom is 0.193 e. The summed E-state index contributed by atoms with van der Waals surface area (Å²) >= 11 is 0. The van der Waals surface area contributed by atoms with Gasteiger partial charge in [-0.1, -0.05) is 6.42 Å². The van der Waals surface area contributed by atoms with Gasteiger partial charge in [0, 0.05) is 52.4 Å². The molecule has 1 N–H and O–H groups in total. The third-order valence-corrected chi connectivity index (χ3v) is 6.85. The van der Waals surface area contributed by atoms with E-state index >= 15 is 0 Å². The zero-order valence-corrected chi connectivity index (χ0v) is 19.1. The number of nitrogens with one attached hydrogen (secondary N) is 1. The molecule has 7 heteroatoms. The minimum atomic E-state index is 0. The number of piperazine rings is 1. The van der Waals surface area contributed by atoms with Gasteiger partial charge in [-0.25, -0.2) is 0 Å². The van der Waals surface area contributed by atoms with Crippen molar-refractivity contribution < 1.29 is 9.47 Å². The van der Waals surface area contributed by atoms with Crippen LogP contribution in [-0.2, 0) is 9.47 Å². The Morgan fingerprint density at radius 2 is 2.00 bits per heavy atom. The molecule has 2 bridgehead atoms. The van der Waals surface area contributed by atoms with Crippen LogP contribution in [0.1, 0.15) is 38.5 Å². The molecule has 2 saturated carbocycles. The fourth-order valence-corrected chi connectivity index (χ4v) is 5.48. The van der Waals surface area contributed by atoms with Crippen LogP contribution in [0.15, 0.2) is 4.99 Å². The summed E-state index contributed by atoms with van der Waals surface area (Å²) in [4.78, 5) is 9.65. The first-order valence-electron chi connectivity index (χ1n) is 10.7. The summed E-state index contributed by atoms with van der Waals surface area (Å²) in [7, 11) is 1.89. The van der Waals surface area contributed by atoms with Gasteiger partial charge in [-0.3, -0.25) is 9.89 Å². The van der Waals surface area contributed by atoms with Gasteiger partial charge in [0.1, 0.15) is 0 Å². The number of halogens is 1. The van der Waals surface area contributed by atoms with Gasteiger partial charge in [-0.2, -0.15) is 0 Å². The molecular weight excluding hydrogens is 455 g/mol. The highest BCUT2D eigenvalue weighted by molar-refractivity contribution is 14.0. The fourth-order valence-electron chi connectivity index (χ4n) is 5.48. The number of hydrogen-bond acceptors (Lipinski definition) is 4. The fraction of sp³-hybridized carbons (Fsp3) is 0.950. The Bertz CT molecular complexity index is 479. The molecule has 2 saturated heterocycles. The van der Waals surface area contributed by atoms with Crippen molar-refractivity contribution in [1.82, 2.24) is 15.1 Å². The van der Waals surface area contributed by atoms with Crippen molar-refractivity contribution in [1.29, 1.82) is 0 Å². The van der Waals surface area contributed by atoms with Gasteiger partial charge < -0.3 is 19.7 Å². The van der Waals surface area contributed by atoms with Crippen molar-refractivity contribution in [3.8, 4) is 0 Å². The Labute approximate surface area is 181 Å². The number of ether oxygens (including phenoxy) is 2. The lowest BCUT2D eigenvalue weighted by Crippen LogP contribution is -2.55. The van der Waals surface area contributed by atoms with E-state index in [0.717, 1.165) is 63.1 Å². The quantitative estimate of drug-likeness (QED) is 0.267. The van der Waals surface area contributed by atoms with Gasteiger partial charge in [0.2, 0.25) is 0 Å². The van der Waals surface area contributed by atoms with Crippen LogP contribution in [0, 0.1) is 11.8 Å². The molecule has 0 aromatic carbocycles. The van der Waals surface area contributed by atoms with Crippen LogP contribution in [-0.4, -0.2) is 87.5 Å². The second kappa shape index (κ2) is 10.6. The minimum Gasteiger partial charge on any atom is -0.377 e. The molecule has 2 aliphatic heterocycles. The topological polar surface area (TPSA) is 49.3 Å². The molecule has 0 amide bonds. The van der Waals surface area contributed by atoms with Crippen LogP contribution in [0.5, 0.6) is 0 Å². The van der Waals surface area contributed by atoms with E-state index in [-0.39, 0.29) is 24.0 Å². The van der Waals surface area contributed by atoms with Crippen molar-refractivity contribution in [3.63, 3.8) is 0 Å². The summed E-state index contributed by atoms with van der Waals surface area (Å²) in [6.07, 6.45) is 8.56. The number of hydrogen-bond donors (Lipinski definition) is 1. The molecule has 2 aliphatic carbocycles. The second-order valence-electron chi connectivity index (χ2n) is 8.45. The van der Waals surface area contributed by atoms with Gasteiger partial charge in [-0.05, 0) is 43.9 Å². The third-order valence-electron chi connectivity index (χ3n) is 6.85. The van der Waals surface area contributed by atoms with E-state index in [1.54, 1.807) is 0 Å². The number of guanidine groups is 1. The van der Waals surface area contributed by atoms with Crippen molar-refractivity contribution in [2.24, 2.45) is 16.8 Å². The molecule has 4 aliphatic rings. The zero-order valence-electron chi connectivity index (χ0n) is 16.8. The van der Waals surface area contributed by atoms with Crippen LogP contribution in [0.2, 0.25) is 0 Å². The Balaban J connectivity index is 0.00000210. The lowest BCUT2D eigenvalue weighted by atomic mass is 9.93. The summed E-state index contributed by atoms with van der Waals surface area (Å²) < 4.78 is 11.3. The zero-order chi connectivity index (χ0) is 17.8. The lowest BCUT2D eigenvalue weighted by molar-refractivity contribution is 0.0189. The Hall–Kier alpha value is -0.120. The molecule has 6 nitrogen and oxygen atoms in total. The van der Waals surface area contributed by atoms with E-state index in [1.165, 1.54) is 45.2 Å². The smallest absolute Gasteiger partial charge is 0.193 e. The Morgan fingerprint density at radius 1 is 1.15 bits per heavy atom. The maximum absolute atomic E-state index is 5.74. The highest BCUT2D eigenvalue weighted by atomic mass is 127. The molecular formula is C20H37IN4O2.